The molecular formula is C19H20ClN3O4. The van der Waals surface area contributed by atoms with Crippen LogP contribution in [-0.2, 0) is 16.1 Å². The van der Waals surface area contributed by atoms with E-state index in [1.54, 1.807) is 29.4 Å². The molecule has 2 heterocycles. The van der Waals surface area contributed by atoms with Gasteiger partial charge >= 0.3 is 0 Å². The van der Waals surface area contributed by atoms with Crippen LogP contribution < -0.4 is 14.8 Å². The summed E-state index contributed by atoms with van der Waals surface area (Å²) in [6.07, 6.45) is 3.56. The number of pyridine rings is 1. The van der Waals surface area contributed by atoms with E-state index in [0.717, 1.165) is 5.56 Å². The van der Waals surface area contributed by atoms with Crippen molar-refractivity contribution >= 4 is 29.1 Å². The lowest BCUT2D eigenvalue weighted by molar-refractivity contribution is -0.128. The Labute approximate surface area is 162 Å². The Morgan fingerprint density at radius 3 is 2.78 bits per heavy atom. The number of likely N-dealkylation sites (tertiary alicyclic amines) is 1. The van der Waals surface area contributed by atoms with Crippen LogP contribution in [0.5, 0.6) is 11.5 Å². The zero-order valence-corrected chi connectivity index (χ0v) is 15.8. The van der Waals surface area contributed by atoms with Crippen molar-refractivity contribution in [3.8, 4) is 11.5 Å². The number of halogens is 1. The van der Waals surface area contributed by atoms with Gasteiger partial charge in [-0.3, -0.25) is 14.6 Å². The molecule has 2 aromatic rings. The van der Waals surface area contributed by atoms with Crippen LogP contribution in [0.15, 0.2) is 36.7 Å². The van der Waals surface area contributed by atoms with Crippen molar-refractivity contribution in [2.45, 2.75) is 13.0 Å². The van der Waals surface area contributed by atoms with Crippen LogP contribution in [0.2, 0.25) is 5.02 Å². The number of carbonyl (C=O) groups is 2. The fraction of sp³-hybridized carbons (Fsp3) is 0.316. The topological polar surface area (TPSA) is 80.8 Å². The van der Waals surface area contributed by atoms with Gasteiger partial charge in [0.05, 0.1) is 30.8 Å². The van der Waals surface area contributed by atoms with Crippen molar-refractivity contribution in [2.75, 3.05) is 26.1 Å². The van der Waals surface area contributed by atoms with Crippen LogP contribution in [0.1, 0.15) is 12.0 Å². The van der Waals surface area contributed by atoms with Gasteiger partial charge in [-0.1, -0.05) is 17.7 Å². The maximum absolute atomic E-state index is 12.7. The molecule has 1 atom stereocenters. The molecule has 1 fully saturated rings. The van der Waals surface area contributed by atoms with E-state index in [4.69, 9.17) is 21.1 Å². The average molecular weight is 390 g/mol. The summed E-state index contributed by atoms with van der Waals surface area (Å²) in [4.78, 5) is 30.7. The SMILES string of the molecule is COc1cc(NC(=O)C2CC(=O)N(Cc3cccnc3)C2)c(OC)cc1Cl. The molecule has 0 aliphatic carbocycles. The minimum Gasteiger partial charge on any atom is -0.495 e. The first-order valence-corrected chi connectivity index (χ1v) is 8.78. The van der Waals surface area contributed by atoms with E-state index < -0.39 is 5.92 Å². The number of carbonyl (C=O) groups excluding carboxylic acids is 2. The molecule has 3 rings (SSSR count). The monoisotopic (exact) mass is 389 g/mol. The average Bonchev–Trinajstić information content (AvgIpc) is 3.04. The van der Waals surface area contributed by atoms with Gasteiger partial charge in [0.1, 0.15) is 11.5 Å². The molecule has 142 valence electrons. The van der Waals surface area contributed by atoms with Gasteiger partial charge in [0.25, 0.3) is 0 Å². The maximum Gasteiger partial charge on any atom is 0.229 e. The molecule has 1 unspecified atom stereocenters. The lowest BCUT2D eigenvalue weighted by Gasteiger charge is -2.17. The van der Waals surface area contributed by atoms with Gasteiger partial charge in [0.2, 0.25) is 11.8 Å². The normalized spacial score (nSPS) is 16.3. The summed E-state index contributed by atoms with van der Waals surface area (Å²) in [5.74, 6) is 0.0964. The van der Waals surface area contributed by atoms with Crippen molar-refractivity contribution in [3.63, 3.8) is 0 Å². The third-order valence-electron chi connectivity index (χ3n) is 4.41. The second-order valence-corrected chi connectivity index (χ2v) is 6.62. The molecule has 1 aliphatic rings. The summed E-state index contributed by atoms with van der Waals surface area (Å²) >= 11 is 6.09. The summed E-state index contributed by atoms with van der Waals surface area (Å²) in [6.45, 7) is 0.793. The molecule has 7 nitrogen and oxygen atoms in total. The Bertz CT molecular complexity index is 844. The van der Waals surface area contributed by atoms with Crippen LogP contribution in [0.3, 0.4) is 0 Å². The predicted molar refractivity (Wildman–Crippen MR) is 101 cm³/mol. The first-order valence-electron chi connectivity index (χ1n) is 8.41. The Balaban J connectivity index is 1.69. The molecule has 2 amide bonds. The second kappa shape index (κ2) is 8.26. The number of methoxy groups -OCH3 is 2. The number of amides is 2. The molecule has 0 spiro atoms. The minimum absolute atomic E-state index is 0.0559. The van der Waals surface area contributed by atoms with Crippen LogP contribution in [0.25, 0.3) is 0 Å². The number of nitrogens with zero attached hydrogens (tertiary/aromatic N) is 2. The van der Waals surface area contributed by atoms with Gasteiger partial charge in [-0.05, 0) is 11.6 Å². The standard InChI is InChI=1S/C19H20ClN3O4/c1-26-16-8-15(17(27-2)7-14(16)20)22-19(25)13-6-18(24)23(11-13)10-12-4-3-5-21-9-12/h3-5,7-9,13H,6,10-11H2,1-2H3,(H,22,25). The van der Waals surface area contributed by atoms with Crippen molar-refractivity contribution in [2.24, 2.45) is 5.92 Å². The van der Waals surface area contributed by atoms with Gasteiger partial charge in [0.15, 0.2) is 0 Å². The Morgan fingerprint density at radius 1 is 1.33 bits per heavy atom. The molecule has 1 aromatic heterocycles. The van der Waals surface area contributed by atoms with E-state index in [2.05, 4.69) is 10.3 Å². The van der Waals surface area contributed by atoms with Crippen LogP contribution in [-0.4, -0.2) is 42.5 Å². The first-order chi connectivity index (χ1) is 13.0. The molecule has 1 saturated heterocycles. The molecular weight excluding hydrogens is 370 g/mol. The highest BCUT2D eigenvalue weighted by Crippen LogP contribution is 2.36. The van der Waals surface area contributed by atoms with E-state index in [1.807, 2.05) is 12.1 Å². The van der Waals surface area contributed by atoms with Crippen molar-refractivity contribution < 1.29 is 19.1 Å². The Hall–Kier alpha value is -2.80. The molecule has 1 N–H and O–H groups in total. The number of rotatable bonds is 6. The Kier molecular flexibility index (Phi) is 5.81. The fourth-order valence-electron chi connectivity index (χ4n) is 3.01. The number of aromatic nitrogens is 1. The lowest BCUT2D eigenvalue weighted by Crippen LogP contribution is -2.28. The van der Waals surface area contributed by atoms with Crippen molar-refractivity contribution in [1.29, 1.82) is 0 Å². The summed E-state index contributed by atoms with van der Waals surface area (Å²) in [5.41, 5.74) is 1.37. The third kappa shape index (κ3) is 4.31. The van der Waals surface area contributed by atoms with Gasteiger partial charge < -0.3 is 19.7 Å². The van der Waals surface area contributed by atoms with Crippen molar-refractivity contribution in [3.05, 3.63) is 47.2 Å². The number of benzene rings is 1. The summed E-state index contributed by atoms with van der Waals surface area (Å²) in [5, 5.41) is 3.20. The van der Waals surface area contributed by atoms with Gasteiger partial charge in [-0.2, -0.15) is 0 Å². The molecule has 0 saturated carbocycles. The molecule has 0 radical (unpaired) electrons. The number of hydrogen-bond donors (Lipinski definition) is 1. The highest BCUT2D eigenvalue weighted by molar-refractivity contribution is 6.32. The summed E-state index contributed by atoms with van der Waals surface area (Å²) in [6, 6.07) is 6.90. The quantitative estimate of drug-likeness (QED) is 0.821. The Morgan fingerprint density at radius 2 is 2.11 bits per heavy atom. The van der Waals surface area contributed by atoms with Crippen LogP contribution in [0.4, 0.5) is 5.69 Å². The summed E-state index contributed by atoms with van der Waals surface area (Å²) < 4.78 is 10.5. The first kappa shape index (κ1) is 19.0. The smallest absolute Gasteiger partial charge is 0.229 e. The number of nitrogens with one attached hydrogen (secondary N) is 1. The highest BCUT2D eigenvalue weighted by Gasteiger charge is 2.34. The van der Waals surface area contributed by atoms with E-state index in [-0.39, 0.29) is 18.2 Å². The summed E-state index contributed by atoms with van der Waals surface area (Å²) in [7, 11) is 2.98. The van der Waals surface area contributed by atoms with E-state index in [0.29, 0.717) is 35.3 Å². The van der Waals surface area contributed by atoms with Gasteiger partial charge in [-0.15, -0.1) is 0 Å². The molecule has 0 bridgehead atoms. The van der Waals surface area contributed by atoms with E-state index in [1.165, 1.54) is 14.2 Å². The van der Waals surface area contributed by atoms with Crippen molar-refractivity contribution in [1.82, 2.24) is 9.88 Å². The molecule has 27 heavy (non-hydrogen) atoms. The van der Waals surface area contributed by atoms with Gasteiger partial charge in [0, 0.05) is 44.0 Å². The number of ether oxygens (including phenoxy) is 2. The van der Waals surface area contributed by atoms with E-state index in [9.17, 15) is 9.59 Å². The lowest BCUT2D eigenvalue weighted by atomic mass is 10.1. The van der Waals surface area contributed by atoms with Crippen LogP contribution in [0, 0.1) is 5.92 Å². The zero-order valence-electron chi connectivity index (χ0n) is 15.1. The molecule has 8 heteroatoms. The van der Waals surface area contributed by atoms with Crippen LogP contribution >= 0.6 is 11.6 Å². The van der Waals surface area contributed by atoms with E-state index >= 15 is 0 Å². The fourth-order valence-corrected chi connectivity index (χ4v) is 3.24. The largest absolute Gasteiger partial charge is 0.495 e. The molecule has 1 aliphatic heterocycles. The third-order valence-corrected chi connectivity index (χ3v) is 4.71. The maximum atomic E-state index is 12.7. The minimum atomic E-state index is -0.444. The number of hydrogen-bond acceptors (Lipinski definition) is 5. The zero-order chi connectivity index (χ0) is 19.4. The predicted octanol–water partition coefficient (Wildman–Crippen LogP) is 2.74. The molecule has 1 aromatic carbocycles. The van der Waals surface area contributed by atoms with Gasteiger partial charge in [-0.25, -0.2) is 0 Å². The highest BCUT2D eigenvalue weighted by atomic mass is 35.5. The number of anilines is 1. The second-order valence-electron chi connectivity index (χ2n) is 6.21.